The molecule has 0 unspecified atom stereocenters. The molecular formula is C15H15N5O3S2. The smallest absolute Gasteiger partial charge is 0.264 e. The molecule has 25 heavy (non-hydrogen) atoms. The van der Waals surface area contributed by atoms with Crippen molar-refractivity contribution in [2.45, 2.75) is 6.61 Å². The number of nitrogen functional groups attached to an aromatic ring is 1. The van der Waals surface area contributed by atoms with E-state index in [1.165, 1.54) is 22.7 Å². The highest BCUT2D eigenvalue weighted by atomic mass is 32.1. The van der Waals surface area contributed by atoms with Crippen LogP contribution in [0.3, 0.4) is 0 Å². The van der Waals surface area contributed by atoms with Crippen molar-refractivity contribution in [2.24, 2.45) is 0 Å². The number of anilines is 2. The summed E-state index contributed by atoms with van der Waals surface area (Å²) in [5, 5.41) is 13.9. The van der Waals surface area contributed by atoms with Crippen molar-refractivity contribution in [2.75, 3.05) is 24.8 Å². The predicted octanol–water partition coefficient (Wildman–Crippen LogP) is 2.41. The van der Waals surface area contributed by atoms with Crippen molar-refractivity contribution in [3.05, 3.63) is 34.7 Å². The lowest BCUT2D eigenvalue weighted by atomic mass is 10.2. The molecule has 2 heterocycles. The molecule has 0 fully saturated rings. The van der Waals surface area contributed by atoms with E-state index in [1.807, 2.05) is 17.5 Å². The van der Waals surface area contributed by atoms with E-state index in [0.29, 0.717) is 27.6 Å². The molecule has 0 saturated heterocycles. The van der Waals surface area contributed by atoms with Crippen LogP contribution >= 0.6 is 22.7 Å². The van der Waals surface area contributed by atoms with E-state index >= 15 is 0 Å². The molecule has 10 heteroatoms. The van der Waals surface area contributed by atoms with Gasteiger partial charge in [0.05, 0.1) is 5.69 Å². The molecule has 1 amide bonds. The van der Waals surface area contributed by atoms with Crippen molar-refractivity contribution in [3.8, 4) is 17.0 Å². The molecule has 8 nitrogen and oxygen atoms in total. The van der Waals surface area contributed by atoms with Gasteiger partial charge in [-0.1, -0.05) is 11.3 Å². The SMILES string of the molecule is COCc1nnc(NC(=O)COc2ccc(-c3csc(N)n3)cc2)s1. The van der Waals surface area contributed by atoms with E-state index in [0.717, 1.165) is 11.3 Å². The first-order valence-electron chi connectivity index (χ1n) is 7.19. The molecule has 0 aliphatic rings. The van der Waals surface area contributed by atoms with Crippen molar-refractivity contribution in [1.82, 2.24) is 15.2 Å². The zero-order valence-electron chi connectivity index (χ0n) is 13.3. The first-order chi connectivity index (χ1) is 12.1. The minimum Gasteiger partial charge on any atom is -0.484 e. The number of thiazole rings is 1. The zero-order valence-corrected chi connectivity index (χ0v) is 14.9. The number of ether oxygens (including phenoxy) is 2. The summed E-state index contributed by atoms with van der Waals surface area (Å²) in [7, 11) is 1.57. The molecule has 3 N–H and O–H groups in total. The van der Waals surface area contributed by atoms with E-state index < -0.39 is 0 Å². The van der Waals surface area contributed by atoms with Crippen LogP contribution in [0.2, 0.25) is 0 Å². The maximum Gasteiger partial charge on any atom is 0.264 e. The van der Waals surface area contributed by atoms with Gasteiger partial charge in [0.2, 0.25) is 5.13 Å². The van der Waals surface area contributed by atoms with Gasteiger partial charge in [0.25, 0.3) is 5.91 Å². The first-order valence-corrected chi connectivity index (χ1v) is 8.89. The number of aromatic nitrogens is 3. The summed E-state index contributed by atoms with van der Waals surface area (Å²) >= 11 is 2.65. The molecule has 0 atom stereocenters. The molecule has 0 radical (unpaired) electrons. The Balaban J connectivity index is 1.51. The second-order valence-corrected chi connectivity index (χ2v) is 6.82. The van der Waals surface area contributed by atoms with Gasteiger partial charge in [-0.3, -0.25) is 10.1 Å². The van der Waals surface area contributed by atoms with E-state index in [-0.39, 0.29) is 12.5 Å². The number of carbonyl (C=O) groups excluding carboxylic acids is 1. The number of carbonyl (C=O) groups is 1. The quantitative estimate of drug-likeness (QED) is 0.650. The van der Waals surface area contributed by atoms with E-state index in [2.05, 4.69) is 20.5 Å². The minimum atomic E-state index is -0.309. The zero-order chi connectivity index (χ0) is 17.6. The van der Waals surface area contributed by atoms with Crippen molar-refractivity contribution >= 4 is 38.8 Å². The Labute approximate surface area is 151 Å². The third kappa shape index (κ3) is 4.72. The third-order valence-electron chi connectivity index (χ3n) is 3.02. The van der Waals surface area contributed by atoms with Gasteiger partial charge in [0.15, 0.2) is 11.7 Å². The second-order valence-electron chi connectivity index (χ2n) is 4.87. The monoisotopic (exact) mass is 377 g/mol. The van der Waals surface area contributed by atoms with Gasteiger partial charge in [-0.05, 0) is 24.3 Å². The molecule has 0 saturated carbocycles. The summed E-state index contributed by atoms with van der Waals surface area (Å²) in [6, 6.07) is 7.28. The van der Waals surface area contributed by atoms with Crippen LogP contribution in [0.4, 0.5) is 10.3 Å². The lowest BCUT2D eigenvalue weighted by Gasteiger charge is -2.06. The summed E-state index contributed by atoms with van der Waals surface area (Å²) in [6.45, 7) is 0.239. The number of methoxy groups -OCH3 is 1. The minimum absolute atomic E-state index is 0.123. The average molecular weight is 377 g/mol. The number of nitrogens with two attached hydrogens (primary N) is 1. The Morgan fingerprint density at radius 1 is 1.28 bits per heavy atom. The fourth-order valence-electron chi connectivity index (χ4n) is 1.93. The highest BCUT2D eigenvalue weighted by Crippen LogP contribution is 2.25. The molecular weight excluding hydrogens is 362 g/mol. The standard InChI is InChI=1S/C15H15N5O3S2/c1-22-7-13-19-20-15(25-13)18-12(21)6-23-10-4-2-9(3-5-10)11-8-24-14(16)17-11/h2-5,8H,6-7H2,1H3,(H2,16,17)(H,18,20,21). The van der Waals surface area contributed by atoms with E-state index in [1.54, 1.807) is 19.2 Å². The Morgan fingerprint density at radius 3 is 2.76 bits per heavy atom. The third-order valence-corrected chi connectivity index (χ3v) is 4.51. The molecule has 0 bridgehead atoms. The van der Waals surface area contributed by atoms with E-state index in [9.17, 15) is 4.79 Å². The van der Waals surface area contributed by atoms with Crippen LogP contribution in [0, 0.1) is 0 Å². The average Bonchev–Trinajstić information content (AvgIpc) is 3.23. The summed E-state index contributed by atoms with van der Waals surface area (Å²) < 4.78 is 10.4. The van der Waals surface area contributed by atoms with Gasteiger partial charge in [0, 0.05) is 18.1 Å². The number of amides is 1. The molecule has 3 rings (SSSR count). The van der Waals surface area contributed by atoms with Crippen LogP contribution in [-0.4, -0.2) is 34.8 Å². The number of hydrogen-bond acceptors (Lipinski definition) is 9. The number of nitrogens with one attached hydrogen (secondary N) is 1. The Hall–Kier alpha value is -2.56. The lowest BCUT2D eigenvalue weighted by Crippen LogP contribution is -2.20. The predicted molar refractivity (Wildman–Crippen MR) is 96.7 cm³/mol. The fourth-order valence-corrected chi connectivity index (χ4v) is 3.23. The molecule has 0 aliphatic heterocycles. The Kier molecular flexibility index (Phi) is 5.53. The number of nitrogens with zero attached hydrogens (tertiary/aromatic N) is 3. The van der Waals surface area contributed by atoms with Crippen LogP contribution in [0.1, 0.15) is 5.01 Å². The van der Waals surface area contributed by atoms with Gasteiger partial charge in [0.1, 0.15) is 17.4 Å². The lowest BCUT2D eigenvalue weighted by molar-refractivity contribution is -0.118. The first kappa shape index (κ1) is 17.3. The van der Waals surface area contributed by atoms with Crippen LogP contribution in [0.5, 0.6) is 5.75 Å². The van der Waals surface area contributed by atoms with Gasteiger partial charge in [-0.25, -0.2) is 4.98 Å². The molecule has 130 valence electrons. The number of hydrogen-bond donors (Lipinski definition) is 2. The molecule has 1 aromatic carbocycles. The van der Waals surface area contributed by atoms with Crippen LogP contribution in [0.25, 0.3) is 11.3 Å². The van der Waals surface area contributed by atoms with Gasteiger partial charge >= 0.3 is 0 Å². The van der Waals surface area contributed by atoms with Crippen molar-refractivity contribution in [1.29, 1.82) is 0 Å². The number of rotatable bonds is 7. The van der Waals surface area contributed by atoms with Gasteiger partial charge in [-0.2, -0.15) is 0 Å². The maximum absolute atomic E-state index is 11.9. The summed E-state index contributed by atoms with van der Waals surface area (Å²) in [5.74, 6) is 0.274. The molecule has 2 aromatic heterocycles. The maximum atomic E-state index is 11.9. The topological polar surface area (TPSA) is 112 Å². The van der Waals surface area contributed by atoms with E-state index in [4.69, 9.17) is 15.2 Å². The summed E-state index contributed by atoms with van der Waals surface area (Å²) in [4.78, 5) is 16.1. The normalized spacial score (nSPS) is 10.6. The highest BCUT2D eigenvalue weighted by molar-refractivity contribution is 7.15. The van der Waals surface area contributed by atoms with Crippen LogP contribution in [0.15, 0.2) is 29.6 Å². The molecule has 0 spiro atoms. The second kappa shape index (κ2) is 8.01. The van der Waals surface area contributed by atoms with Crippen LogP contribution in [-0.2, 0) is 16.1 Å². The summed E-state index contributed by atoms with van der Waals surface area (Å²) in [6.07, 6.45) is 0. The Morgan fingerprint density at radius 2 is 2.08 bits per heavy atom. The largest absolute Gasteiger partial charge is 0.484 e. The Bertz CT molecular complexity index is 847. The van der Waals surface area contributed by atoms with Crippen LogP contribution < -0.4 is 15.8 Å². The van der Waals surface area contributed by atoms with Crippen molar-refractivity contribution < 1.29 is 14.3 Å². The molecule has 3 aromatic rings. The van der Waals surface area contributed by atoms with Crippen molar-refractivity contribution in [3.63, 3.8) is 0 Å². The summed E-state index contributed by atoms with van der Waals surface area (Å²) in [5.41, 5.74) is 7.38. The highest BCUT2D eigenvalue weighted by Gasteiger charge is 2.09. The fraction of sp³-hybridized carbons (Fsp3) is 0.200. The number of benzene rings is 1. The molecule has 0 aliphatic carbocycles. The van der Waals surface area contributed by atoms with Gasteiger partial charge in [-0.15, -0.1) is 21.5 Å². The van der Waals surface area contributed by atoms with Gasteiger partial charge < -0.3 is 15.2 Å².